The van der Waals surface area contributed by atoms with Gasteiger partial charge in [0.25, 0.3) is 0 Å². The van der Waals surface area contributed by atoms with E-state index in [9.17, 15) is 4.79 Å². The van der Waals surface area contributed by atoms with E-state index in [2.05, 4.69) is 12.2 Å². The van der Waals surface area contributed by atoms with Gasteiger partial charge in [-0.1, -0.05) is 44.9 Å². The molecule has 0 aromatic carbocycles. The second-order valence-electron chi connectivity index (χ2n) is 7.21. The molecule has 116 valence electrons. The molecule has 0 aliphatic heterocycles. The van der Waals surface area contributed by atoms with Gasteiger partial charge < -0.3 is 11.1 Å². The minimum atomic E-state index is -0.231. The van der Waals surface area contributed by atoms with E-state index in [1.54, 1.807) is 0 Å². The summed E-state index contributed by atoms with van der Waals surface area (Å²) in [6, 6.07) is 0.313. The van der Waals surface area contributed by atoms with Gasteiger partial charge >= 0.3 is 0 Å². The normalized spacial score (nSPS) is 25.7. The molecular formula is C17H32N2O. The van der Waals surface area contributed by atoms with Gasteiger partial charge in [0.2, 0.25) is 5.91 Å². The lowest BCUT2D eigenvalue weighted by Gasteiger charge is -2.33. The molecule has 0 spiro atoms. The Morgan fingerprint density at radius 1 is 1.10 bits per heavy atom. The van der Waals surface area contributed by atoms with E-state index in [-0.39, 0.29) is 11.4 Å². The van der Waals surface area contributed by atoms with Crippen molar-refractivity contribution in [2.75, 3.05) is 0 Å². The number of nitrogens with one attached hydrogen (secondary N) is 1. The van der Waals surface area contributed by atoms with E-state index in [1.165, 1.54) is 57.8 Å². The maximum absolute atomic E-state index is 12.3. The Hall–Kier alpha value is -0.570. The molecule has 0 saturated heterocycles. The average molecular weight is 280 g/mol. The SMILES string of the molecule is C[C@H](NC(=O)CC1(N)CCCCC1)C1CCCCCC1. The zero-order valence-electron chi connectivity index (χ0n) is 13.1. The highest BCUT2D eigenvalue weighted by atomic mass is 16.1. The van der Waals surface area contributed by atoms with Crippen LogP contribution >= 0.6 is 0 Å². The molecule has 0 heterocycles. The van der Waals surface area contributed by atoms with Crippen LogP contribution in [-0.2, 0) is 4.79 Å². The van der Waals surface area contributed by atoms with Gasteiger partial charge in [-0.05, 0) is 38.5 Å². The van der Waals surface area contributed by atoms with Gasteiger partial charge in [0.15, 0.2) is 0 Å². The maximum Gasteiger partial charge on any atom is 0.222 e. The van der Waals surface area contributed by atoms with Crippen molar-refractivity contribution in [2.24, 2.45) is 11.7 Å². The predicted octanol–water partition coefficient (Wildman–Crippen LogP) is 3.51. The minimum Gasteiger partial charge on any atom is -0.353 e. The highest BCUT2D eigenvalue weighted by molar-refractivity contribution is 5.77. The van der Waals surface area contributed by atoms with Crippen LogP contribution in [0, 0.1) is 5.92 Å². The van der Waals surface area contributed by atoms with Crippen molar-refractivity contribution >= 4 is 5.91 Å². The van der Waals surface area contributed by atoms with Gasteiger partial charge in [-0.2, -0.15) is 0 Å². The molecule has 3 N–H and O–H groups in total. The molecule has 2 rings (SSSR count). The smallest absolute Gasteiger partial charge is 0.222 e. The van der Waals surface area contributed by atoms with E-state index in [0.29, 0.717) is 18.4 Å². The molecule has 2 aliphatic carbocycles. The zero-order chi connectivity index (χ0) is 14.4. The molecule has 3 heteroatoms. The van der Waals surface area contributed by atoms with E-state index < -0.39 is 0 Å². The molecule has 1 amide bonds. The molecule has 0 aromatic rings. The Bertz CT molecular complexity index is 302. The average Bonchev–Trinajstić information content (AvgIpc) is 2.67. The molecule has 1 atom stereocenters. The van der Waals surface area contributed by atoms with Crippen LogP contribution in [0.3, 0.4) is 0 Å². The van der Waals surface area contributed by atoms with Gasteiger partial charge in [0, 0.05) is 18.0 Å². The lowest BCUT2D eigenvalue weighted by Crippen LogP contribution is -2.48. The van der Waals surface area contributed by atoms with Crippen molar-refractivity contribution in [3.8, 4) is 0 Å². The molecule has 2 aliphatic rings. The molecule has 2 fully saturated rings. The summed E-state index contributed by atoms with van der Waals surface area (Å²) in [6.45, 7) is 2.18. The fourth-order valence-electron chi connectivity index (χ4n) is 3.99. The van der Waals surface area contributed by atoms with Crippen LogP contribution < -0.4 is 11.1 Å². The molecule has 20 heavy (non-hydrogen) atoms. The molecule has 2 saturated carbocycles. The minimum absolute atomic E-state index is 0.172. The van der Waals surface area contributed by atoms with Crippen LogP contribution in [-0.4, -0.2) is 17.5 Å². The third-order valence-corrected chi connectivity index (χ3v) is 5.36. The summed E-state index contributed by atoms with van der Waals surface area (Å²) >= 11 is 0. The van der Waals surface area contributed by atoms with Crippen molar-refractivity contribution in [3.63, 3.8) is 0 Å². The first-order chi connectivity index (χ1) is 9.59. The highest BCUT2D eigenvalue weighted by Gasteiger charge is 2.31. The summed E-state index contributed by atoms with van der Waals surface area (Å²) in [5.41, 5.74) is 6.15. The highest BCUT2D eigenvalue weighted by Crippen LogP contribution is 2.29. The van der Waals surface area contributed by atoms with Crippen LogP contribution in [0.4, 0.5) is 0 Å². The number of nitrogens with two attached hydrogens (primary N) is 1. The number of hydrogen-bond acceptors (Lipinski definition) is 2. The summed E-state index contributed by atoms with van der Waals surface area (Å²) in [4.78, 5) is 12.3. The van der Waals surface area contributed by atoms with Gasteiger partial charge in [0.1, 0.15) is 0 Å². The van der Waals surface area contributed by atoms with Crippen molar-refractivity contribution in [1.82, 2.24) is 5.32 Å². The van der Waals surface area contributed by atoms with Crippen LogP contribution in [0.1, 0.15) is 84.0 Å². The standard InChI is InChI=1S/C17H32N2O/c1-14(15-9-5-2-3-6-10-15)19-16(20)13-17(18)11-7-4-8-12-17/h14-15H,2-13,18H2,1H3,(H,19,20)/t14-/m0/s1. The van der Waals surface area contributed by atoms with Crippen LogP contribution in [0.5, 0.6) is 0 Å². The number of amides is 1. The first-order valence-electron chi connectivity index (χ1n) is 8.67. The van der Waals surface area contributed by atoms with Crippen LogP contribution in [0.25, 0.3) is 0 Å². The molecule has 0 radical (unpaired) electrons. The van der Waals surface area contributed by atoms with Gasteiger partial charge in [-0.3, -0.25) is 4.79 Å². The third-order valence-electron chi connectivity index (χ3n) is 5.36. The monoisotopic (exact) mass is 280 g/mol. The number of hydrogen-bond donors (Lipinski definition) is 2. The van der Waals surface area contributed by atoms with E-state index in [1.807, 2.05) is 0 Å². The summed E-state index contributed by atoms with van der Waals surface area (Å²) in [7, 11) is 0. The van der Waals surface area contributed by atoms with Crippen molar-refractivity contribution in [3.05, 3.63) is 0 Å². The first kappa shape index (κ1) is 15.8. The van der Waals surface area contributed by atoms with Gasteiger partial charge in [-0.15, -0.1) is 0 Å². The maximum atomic E-state index is 12.3. The molecule has 0 unspecified atom stereocenters. The Morgan fingerprint density at radius 2 is 1.65 bits per heavy atom. The summed E-state index contributed by atoms with van der Waals surface area (Å²) < 4.78 is 0. The van der Waals surface area contributed by atoms with Gasteiger partial charge in [-0.25, -0.2) is 0 Å². The predicted molar refractivity (Wildman–Crippen MR) is 83.4 cm³/mol. The third kappa shape index (κ3) is 4.76. The molecule has 3 nitrogen and oxygen atoms in total. The second kappa shape index (κ2) is 7.44. The van der Waals surface area contributed by atoms with Crippen LogP contribution in [0.2, 0.25) is 0 Å². The first-order valence-corrected chi connectivity index (χ1v) is 8.67. The molecular weight excluding hydrogens is 248 g/mol. The van der Waals surface area contributed by atoms with E-state index in [0.717, 1.165) is 12.8 Å². The van der Waals surface area contributed by atoms with E-state index in [4.69, 9.17) is 5.73 Å². The molecule has 0 bridgehead atoms. The Kier molecular flexibility index (Phi) is 5.88. The lowest BCUT2D eigenvalue weighted by molar-refractivity contribution is -0.123. The summed E-state index contributed by atoms with van der Waals surface area (Å²) in [6.07, 6.45) is 14.1. The molecule has 0 aromatic heterocycles. The number of carbonyl (C=O) groups is 1. The number of carbonyl (C=O) groups excluding carboxylic acids is 1. The zero-order valence-corrected chi connectivity index (χ0v) is 13.1. The largest absolute Gasteiger partial charge is 0.353 e. The summed E-state index contributed by atoms with van der Waals surface area (Å²) in [5, 5.41) is 3.23. The van der Waals surface area contributed by atoms with E-state index >= 15 is 0 Å². The van der Waals surface area contributed by atoms with Crippen LogP contribution in [0.15, 0.2) is 0 Å². The lowest BCUT2D eigenvalue weighted by atomic mass is 9.80. The Labute approximate surface area is 124 Å². The quantitative estimate of drug-likeness (QED) is 0.774. The Balaban J connectivity index is 1.77. The van der Waals surface area contributed by atoms with Crippen molar-refractivity contribution < 1.29 is 4.79 Å². The number of rotatable bonds is 4. The fourth-order valence-corrected chi connectivity index (χ4v) is 3.99. The van der Waals surface area contributed by atoms with Gasteiger partial charge in [0.05, 0.1) is 0 Å². The Morgan fingerprint density at radius 3 is 2.25 bits per heavy atom. The summed E-state index contributed by atoms with van der Waals surface area (Å²) in [5.74, 6) is 0.840. The fraction of sp³-hybridized carbons (Fsp3) is 0.941. The second-order valence-corrected chi connectivity index (χ2v) is 7.21. The van der Waals surface area contributed by atoms with Crippen molar-refractivity contribution in [1.29, 1.82) is 0 Å². The topological polar surface area (TPSA) is 55.1 Å². The van der Waals surface area contributed by atoms with Crippen molar-refractivity contribution in [2.45, 2.75) is 95.6 Å².